The first-order valence-corrected chi connectivity index (χ1v) is 12.9. The molecule has 1 saturated carbocycles. The lowest BCUT2D eigenvalue weighted by molar-refractivity contribution is -0.143. The molecule has 0 N–H and O–H groups in total. The van der Waals surface area contributed by atoms with Crippen LogP contribution in [-0.4, -0.2) is 32.5 Å². The third-order valence-corrected chi connectivity index (χ3v) is 7.55. The second-order valence-corrected chi connectivity index (χ2v) is 9.86. The lowest BCUT2D eigenvalue weighted by Gasteiger charge is -2.32. The second-order valence-electron chi connectivity index (χ2n) is 9.86. The number of nitrogens with zero attached hydrogens (tertiary/aromatic N) is 4. The SMILES string of the molecule is CC1=C(C#N)C(=O)N(C2CCCC2)C(=O)/C1=C/c1cn(-c2ccccc2)nc1-c1ccc2ccccc2c1. The predicted octanol–water partition coefficient (Wildman–Crippen LogP) is 6.23. The molecule has 1 aliphatic carbocycles. The molecule has 2 aliphatic rings. The summed E-state index contributed by atoms with van der Waals surface area (Å²) >= 11 is 0. The molecule has 0 bridgehead atoms. The topological polar surface area (TPSA) is 79.0 Å². The van der Waals surface area contributed by atoms with Gasteiger partial charge in [-0.3, -0.25) is 14.5 Å². The van der Waals surface area contributed by atoms with E-state index in [1.807, 2.05) is 54.7 Å². The first-order valence-electron chi connectivity index (χ1n) is 12.9. The van der Waals surface area contributed by atoms with Gasteiger partial charge in [-0.05, 0) is 60.4 Å². The first kappa shape index (κ1) is 23.6. The fourth-order valence-electron chi connectivity index (χ4n) is 5.52. The van der Waals surface area contributed by atoms with Crippen LogP contribution in [0.4, 0.5) is 0 Å². The third kappa shape index (κ3) is 4.03. The highest BCUT2D eigenvalue weighted by Crippen LogP contribution is 2.35. The van der Waals surface area contributed by atoms with E-state index in [9.17, 15) is 14.9 Å². The highest BCUT2D eigenvalue weighted by molar-refractivity contribution is 6.20. The largest absolute Gasteiger partial charge is 0.271 e. The maximum Gasteiger partial charge on any atom is 0.271 e. The maximum atomic E-state index is 13.8. The Morgan fingerprint density at radius 1 is 0.921 bits per heavy atom. The molecular weight excluding hydrogens is 472 g/mol. The number of imide groups is 1. The van der Waals surface area contributed by atoms with Crippen molar-refractivity contribution in [1.29, 1.82) is 5.26 Å². The Morgan fingerprint density at radius 2 is 1.63 bits per heavy atom. The molecule has 6 heteroatoms. The fourth-order valence-corrected chi connectivity index (χ4v) is 5.52. The number of benzene rings is 3. The molecular formula is C32H26N4O2. The lowest BCUT2D eigenvalue weighted by Crippen LogP contribution is -2.47. The molecule has 3 aromatic carbocycles. The van der Waals surface area contributed by atoms with Gasteiger partial charge in [-0.2, -0.15) is 10.4 Å². The molecule has 38 heavy (non-hydrogen) atoms. The number of para-hydroxylation sites is 1. The number of carbonyl (C=O) groups is 2. The first-order chi connectivity index (χ1) is 18.5. The molecule has 1 fully saturated rings. The third-order valence-electron chi connectivity index (χ3n) is 7.55. The van der Waals surface area contributed by atoms with Gasteiger partial charge >= 0.3 is 0 Å². The van der Waals surface area contributed by atoms with E-state index in [4.69, 9.17) is 5.10 Å². The molecule has 2 amide bonds. The van der Waals surface area contributed by atoms with Crippen molar-refractivity contribution in [3.05, 3.63) is 101 Å². The molecule has 0 atom stereocenters. The van der Waals surface area contributed by atoms with Gasteiger partial charge in [-0.1, -0.05) is 67.4 Å². The number of nitriles is 1. The highest BCUT2D eigenvalue weighted by atomic mass is 16.2. The predicted molar refractivity (Wildman–Crippen MR) is 147 cm³/mol. The molecule has 0 spiro atoms. The summed E-state index contributed by atoms with van der Waals surface area (Å²) in [5.41, 5.74) is 4.07. The van der Waals surface area contributed by atoms with Crippen molar-refractivity contribution in [3.63, 3.8) is 0 Å². The van der Waals surface area contributed by atoms with E-state index in [2.05, 4.69) is 30.3 Å². The summed E-state index contributed by atoms with van der Waals surface area (Å²) < 4.78 is 1.80. The number of amides is 2. The number of carbonyl (C=O) groups excluding carboxylic acids is 2. The van der Waals surface area contributed by atoms with E-state index in [1.165, 1.54) is 4.90 Å². The molecule has 0 unspecified atom stereocenters. The minimum atomic E-state index is -0.478. The Labute approximate surface area is 221 Å². The number of aromatic nitrogens is 2. The lowest BCUT2D eigenvalue weighted by atomic mass is 9.92. The average Bonchev–Trinajstić information content (AvgIpc) is 3.62. The Morgan fingerprint density at radius 3 is 2.37 bits per heavy atom. The Balaban J connectivity index is 1.54. The Hall–Kier alpha value is -4.76. The standard InChI is InChI=1S/C32H26N4O2/c1-21-28(31(37)36(27-13-7-8-14-27)32(38)29(21)19-33)18-25-20-35(26-11-3-2-4-12-26)34-30(25)24-16-15-22-9-5-6-10-23(22)17-24/h2-6,9-12,15-18,20,27H,7-8,13-14H2,1H3/b28-18+. The van der Waals surface area contributed by atoms with Gasteiger partial charge in [0.05, 0.1) is 11.4 Å². The van der Waals surface area contributed by atoms with Gasteiger partial charge in [0.1, 0.15) is 11.6 Å². The van der Waals surface area contributed by atoms with Gasteiger partial charge in [0.2, 0.25) is 0 Å². The van der Waals surface area contributed by atoms with Crippen LogP contribution in [0.2, 0.25) is 0 Å². The van der Waals surface area contributed by atoms with Gasteiger partial charge in [0.25, 0.3) is 11.8 Å². The number of hydrogen-bond acceptors (Lipinski definition) is 4. The summed E-state index contributed by atoms with van der Waals surface area (Å²) in [6.45, 7) is 1.68. The smallest absolute Gasteiger partial charge is 0.271 e. The maximum absolute atomic E-state index is 13.8. The molecule has 0 radical (unpaired) electrons. The number of hydrogen-bond donors (Lipinski definition) is 0. The normalized spacial score (nSPS) is 17.6. The van der Waals surface area contributed by atoms with Gasteiger partial charge in [-0.15, -0.1) is 0 Å². The van der Waals surface area contributed by atoms with Crippen LogP contribution in [0.15, 0.2) is 95.7 Å². The molecule has 1 aromatic heterocycles. The molecule has 0 saturated heterocycles. The molecule has 4 aromatic rings. The van der Waals surface area contributed by atoms with E-state index in [-0.39, 0.29) is 17.5 Å². The molecule has 6 nitrogen and oxygen atoms in total. The van der Waals surface area contributed by atoms with Crippen molar-refractivity contribution in [2.45, 2.75) is 38.6 Å². The van der Waals surface area contributed by atoms with Crippen LogP contribution < -0.4 is 0 Å². The zero-order valence-corrected chi connectivity index (χ0v) is 21.1. The zero-order valence-electron chi connectivity index (χ0n) is 21.1. The summed E-state index contributed by atoms with van der Waals surface area (Å²) in [6, 6.07) is 26.0. The summed E-state index contributed by atoms with van der Waals surface area (Å²) in [5.74, 6) is -0.816. The molecule has 6 rings (SSSR count). The minimum Gasteiger partial charge on any atom is -0.271 e. The van der Waals surface area contributed by atoms with Crippen LogP contribution in [0, 0.1) is 11.3 Å². The van der Waals surface area contributed by atoms with Crippen LogP contribution in [0.3, 0.4) is 0 Å². The number of rotatable bonds is 4. The van der Waals surface area contributed by atoms with Gasteiger partial charge < -0.3 is 0 Å². The van der Waals surface area contributed by atoms with Crippen molar-refractivity contribution >= 4 is 28.7 Å². The van der Waals surface area contributed by atoms with Gasteiger partial charge in [0.15, 0.2) is 0 Å². The summed E-state index contributed by atoms with van der Waals surface area (Å²) in [4.78, 5) is 28.2. The molecule has 1 aliphatic heterocycles. The zero-order chi connectivity index (χ0) is 26.2. The minimum absolute atomic E-state index is 0.0328. The monoisotopic (exact) mass is 498 g/mol. The van der Waals surface area contributed by atoms with Crippen molar-refractivity contribution in [2.24, 2.45) is 0 Å². The van der Waals surface area contributed by atoms with Crippen molar-refractivity contribution in [3.8, 4) is 23.0 Å². The van der Waals surface area contributed by atoms with Crippen LogP contribution in [0.1, 0.15) is 38.2 Å². The Kier molecular flexibility index (Phi) is 5.97. The number of fused-ring (bicyclic) bond motifs is 1. The van der Waals surface area contributed by atoms with E-state index < -0.39 is 5.91 Å². The second kappa shape index (κ2) is 9.60. The van der Waals surface area contributed by atoms with Crippen LogP contribution in [0.5, 0.6) is 0 Å². The molecule has 2 heterocycles. The quantitative estimate of drug-likeness (QED) is 0.247. The van der Waals surface area contributed by atoms with Crippen LogP contribution in [0.25, 0.3) is 33.8 Å². The van der Waals surface area contributed by atoms with Crippen LogP contribution >= 0.6 is 0 Å². The van der Waals surface area contributed by atoms with E-state index in [1.54, 1.807) is 17.7 Å². The van der Waals surface area contributed by atoms with Gasteiger partial charge in [0, 0.05) is 28.9 Å². The Bertz CT molecular complexity index is 1680. The van der Waals surface area contributed by atoms with Crippen molar-refractivity contribution in [1.82, 2.24) is 14.7 Å². The average molecular weight is 499 g/mol. The molecule has 186 valence electrons. The summed E-state index contributed by atoms with van der Waals surface area (Å²) in [7, 11) is 0. The summed E-state index contributed by atoms with van der Waals surface area (Å²) in [5, 5.41) is 17.0. The fraction of sp³-hybridized carbons (Fsp3) is 0.188. The van der Waals surface area contributed by atoms with Crippen LogP contribution in [-0.2, 0) is 9.59 Å². The summed E-state index contributed by atoms with van der Waals surface area (Å²) in [6.07, 6.45) is 7.19. The van der Waals surface area contributed by atoms with Crippen molar-refractivity contribution < 1.29 is 9.59 Å². The van der Waals surface area contributed by atoms with E-state index in [0.717, 1.165) is 59.0 Å². The van der Waals surface area contributed by atoms with Crippen molar-refractivity contribution in [2.75, 3.05) is 0 Å². The van der Waals surface area contributed by atoms with E-state index >= 15 is 0 Å². The van der Waals surface area contributed by atoms with E-state index in [0.29, 0.717) is 11.1 Å². The highest BCUT2D eigenvalue weighted by Gasteiger charge is 2.40. The van der Waals surface area contributed by atoms with Gasteiger partial charge in [-0.25, -0.2) is 4.68 Å².